The Labute approximate surface area is 206 Å². The summed E-state index contributed by atoms with van der Waals surface area (Å²) in [7, 11) is 0. The molecule has 0 unspecified atom stereocenters. The first-order valence-electron chi connectivity index (χ1n) is 14.9. The molecule has 4 aliphatic rings. The SMILES string of the molecule is CC(C)CCC[C@@H](C)[C@H]1CC[C@H]2[C@@H]3CCC4=C[C@@H](NCCCCN)CC[C@]4(C)[C@H]3CC[C@]12C. The van der Waals surface area contributed by atoms with Crippen molar-refractivity contribution in [1.29, 1.82) is 0 Å². The topological polar surface area (TPSA) is 38.0 Å². The highest BCUT2D eigenvalue weighted by atomic mass is 14.9. The van der Waals surface area contributed by atoms with E-state index in [-0.39, 0.29) is 0 Å². The fraction of sp³-hybridized carbons (Fsp3) is 0.935. The van der Waals surface area contributed by atoms with Gasteiger partial charge in [-0.2, -0.15) is 0 Å². The Bertz CT molecular complexity index is 668. The molecule has 0 aromatic carbocycles. The van der Waals surface area contributed by atoms with Crippen LogP contribution in [0.2, 0.25) is 0 Å². The van der Waals surface area contributed by atoms with Gasteiger partial charge in [0.15, 0.2) is 0 Å². The summed E-state index contributed by atoms with van der Waals surface area (Å²) < 4.78 is 0. The highest BCUT2D eigenvalue weighted by Gasteiger charge is 2.59. The Kier molecular flexibility index (Phi) is 8.37. The summed E-state index contributed by atoms with van der Waals surface area (Å²) in [5.74, 6) is 5.71. The van der Waals surface area contributed by atoms with E-state index >= 15 is 0 Å². The van der Waals surface area contributed by atoms with E-state index < -0.39 is 0 Å². The van der Waals surface area contributed by atoms with Crippen molar-refractivity contribution < 1.29 is 0 Å². The Morgan fingerprint density at radius 2 is 1.76 bits per heavy atom. The average Bonchev–Trinajstić information content (AvgIpc) is 3.14. The molecule has 0 saturated heterocycles. The molecule has 8 atom stereocenters. The molecule has 0 aromatic rings. The number of hydrogen-bond donors (Lipinski definition) is 2. The van der Waals surface area contributed by atoms with E-state index in [9.17, 15) is 0 Å². The van der Waals surface area contributed by atoms with Crippen molar-refractivity contribution in [3.8, 4) is 0 Å². The van der Waals surface area contributed by atoms with Gasteiger partial charge >= 0.3 is 0 Å². The Hall–Kier alpha value is -0.340. The van der Waals surface area contributed by atoms with Crippen LogP contribution in [0.5, 0.6) is 0 Å². The number of nitrogens with one attached hydrogen (secondary N) is 1. The summed E-state index contributed by atoms with van der Waals surface area (Å²) in [5.41, 5.74) is 8.61. The summed E-state index contributed by atoms with van der Waals surface area (Å²) in [6.07, 6.45) is 21.0. The molecule has 0 spiro atoms. The van der Waals surface area contributed by atoms with Crippen molar-refractivity contribution >= 4 is 0 Å². The van der Waals surface area contributed by atoms with E-state index in [0.717, 1.165) is 55.0 Å². The molecule has 0 bridgehead atoms. The van der Waals surface area contributed by atoms with E-state index in [0.29, 0.717) is 16.9 Å². The van der Waals surface area contributed by atoms with Crippen LogP contribution in [0, 0.1) is 46.3 Å². The summed E-state index contributed by atoms with van der Waals surface area (Å²) in [4.78, 5) is 0. The first kappa shape index (κ1) is 25.7. The number of unbranched alkanes of at least 4 members (excludes halogenated alkanes) is 1. The number of allylic oxidation sites excluding steroid dienone is 1. The Balaban J connectivity index is 1.40. The normalized spacial score (nSPS) is 41.3. The summed E-state index contributed by atoms with van der Waals surface area (Å²) >= 11 is 0. The predicted molar refractivity (Wildman–Crippen MR) is 143 cm³/mol. The molecule has 33 heavy (non-hydrogen) atoms. The van der Waals surface area contributed by atoms with Crippen molar-refractivity contribution in [3.63, 3.8) is 0 Å². The molecule has 4 aliphatic carbocycles. The molecular weight excluding hydrogens is 400 g/mol. The van der Waals surface area contributed by atoms with Crippen molar-refractivity contribution in [1.82, 2.24) is 5.32 Å². The quantitative estimate of drug-likeness (QED) is 0.261. The lowest BCUT2D eigenvalue weighted by Crippen LogP contribution is -2.51. The third kappa shape index (κ3) is 5.13. The van der Waals surface area contributed by atoms with Gasteiger partial charge in [-0.1, -0.05) is 65.5 Å². The zero-order valence-electron chi connectivity index (χ0n) is 22.8. The van der Waals surface area contributed by atoms with Crippen LogP contribution >= 0.6 is 0 Å². The van der Waals surface area contributed by atoms with E-state index in [1.807, 2.05) is 5.57 Å². The fourth-order valence-electron chi connectivity index (χ4n) is 9.47. The average molecular weight is 457 g/mol. The van der Waals surface area contributed by atoms with Gasteiger partial charge in [-0.15, -0.1) is 0 Å². The lowest BCUT2D eigenvalue weighted by molar-refractivity contribution is -0.0599. The van der Waals surface area contributed by atoms with Gasteiger partial charge < -0.3 is 11.1 Å². The lowest BCUT2D eigenvalue weighted by Gasteiger charge is -2.59. The second kappa shape index (κ2) is 10.7. The van der Waals surface area contributed by atoms with Gasteiger partial charge in [0, 0.05) is 6.04 Å². The maximum absolute atomic E-state index is 5.68. The van der Waals surface area contributed by atoms with Crippen molar-refractivity contribution in [2.24, 2.45) is 52.1 Å². The molecule has 3 saturated carbocycles. The number of rotatable bonds is 10. The molecule has 0 amide bonds. The molecule has 3 N–H and O–H groups in total. The van der Waals surface area contributed by atoms with Gasteiger partial charge in [0.2, 0.25) is 0 Å². The molecule has 2 heteroatoms. The molecule has 0 heterocycles. The van der Waals surface area contributed by atoms with E-state index in [2.05, 4.69) is 46.0 Å². The number of hydrogen-bond acceptors (Lipinski definition) is 2. The zero-order valence-corrected chi connectivity index (χ0v) is 22.8. The molecule has 3 fully saturated rings. The second-order valence-corrected chi connectivity index (χ2v) is 13.7. The minimum absolute atomic E-state index is 0.487. The van der Waals surface area contributed by atoms with Crippen LogP contribution in [0.1, 0.15) is 118 Å². The van der Waals surface area contributed by atoms with E-state index in [1.54, 1.807) is 0 Å². The maximum atomic E-state index is 5.68. The van der Waals surface area contributed by atoms with Crippen molar-refractivity contribution in [3.05, 3.63) is 11.6 Å². The number of nitrogens with two attached hydrogens (primary N) is 1. The molecular formula is C31H56N2. The lowest BCUT2D eigenvalue weighted by atomic mass is 9.46. The zero-order chi connectivity index (χ0) is 23.6. The molecule has 0 radical (unpaired) electrons. The van der Waals surface area contributed by atoms with Crippen molar-refractivity contribution in [2.75, 3.05) is 13.1 Å². The van der Waals surface area contributed by atoms with Crippen LogP contribution in [0.3, 0.4) is 0 Å². The monoisotopic (exact) mass is 456 g/mol. The minimum Gasteiger partial charge on any atom is -0.330 e. The number of fused-ring (bicyclic) bond motifs is 5. The van der Waals surface area contributed by atoms with Crippen LogP contribution in [0.25, 0.3) is 0 Å². The van der Waals surface area contributed by atoms with Crippen LogP contribution in [0.15, 0.2) is 11.6 Å². The van der Waals surface area contributed by atoms with Gasteiger partial charge in [0.05, 0.1) is 0 Å². The van der Waals surface area contributed by atoms with Crippen LogP contribution < -0.4 is 11.1 Å². The predicted octanol–water partition coefficient (Wildman–Crippen LogP) is 7.72. The van der Waals surface area contributed by atoms with Crippen molar-refractivity contribution in [2.45, 2.75) is 124 Å². The van der Waals surface area contributed by atoms with E-state index in [4.69, 9.17) is 5.73 Å². The molecule has 0 aromatic heterocycles. The smallest absolute Gasteiger partial charge is 0.0253 e. The molecule has 190 valence electrons. The third-order valence-electron chi connectivity index (χ3n) is 11.4. The van der Waals surface area contributed by atoms with Gasteiger partial charge in [0.1, 0.15) is 0 Å². The summed E-state index contributed by atoms with van der Waals surface area (Å²) in [5, 5.41) is 3.83. The van der Waals surface area contributed by atoms with Gasteiger partial charge in [-0.3, -0.25) is 0 Å². The first-order chi connectivity index (χ1) is 15.8. The Morgan fingerprint density at radius 3 is 2.52 bits per heavy atom. The highest BCUT2D eigenvalue weighted by Crippen LogP contribution is 2.67. The van der Waals surface area contributed by atoms with Gasteiger partial charge in [-0.05, 0) is 124 Å². The standard InChI is InChI=1S/C31H56N2/c1-22(2)9-8-10-23(3)27-13-14-28-26-12-11-24-21-25(33-20-7-6-19-32)15-17-30(24,4)29(26)16-18-31(27,28)5/h21-23,25-29,33H,6-20,32H2,1-5H3/t23-,25+,26+,27-,28+,29+,30+,31-/m1/s1. The molecule has 0 aliphatic heterocycles. The fourth-order valence-corrected chi connectivity index (χ4v) is 9.47. The maximum Gasteiger partial charge on any atom is 0.0253 e. The van der Waals surface area contributed by atoms with E-state index in [1.165, 1.54) is 77.0 Å². The largest absolute Gasteiger partial charge is 0.330 e. The minimum atomic E-state index is 0.487. The van der Waals surface area contributed by atoms with Crippen LogP contribution in [0.4, 0.5) is 0 Å². The molecule has 4 rings (SSSR count). The Morgan fingerprint density at radius 1 is 0.939 bits per heavy atom. The second-order valence-electron chi connectivity index (χ2n) is 13.7. The van der Waals surface area contributed by atoms with Gasteiger partial charge in [0.25, 0.3) is 0 Å². The molecule has 2 nitrogen and oxygen atoms in total. The van der Waals surface area contributed by atoms with Crippen LogP contribution in [-0.4, -0.2) is 19.1 Å². The summed E-state index contributed by atoms with van der Waals surface area (Å²) in [6.45, 7) is 14.7. The first-order valence-corrected chi connectivity index (χ1v) is 14.9. The highest BCUT2D eigenvalue weighted by molar-refractivity contribution is 5.26. The summed E-state index contributed by atoms with van der Waals surface area (Å²) in [6, 6.07) is 0.610. The van der Waals surface area contributed by atoms with Crippen LogP contribution in [-0.2, 0) is 0 Å². The third-order valence-corrected chi connectivity index (χ3v) is 11.4. The van der Waals surface area contributed by atoms with Gasteiger partial charge in [-0.25, -0.2) is 0 Å².